The fourth-order valence-electron chi connectivity index (χ4n) is 2.51. The minimum atomic E-state index is 0.0393. The Kier molecular flexibility index (Phi) is 6.02. The van der Waals surface area contributed by atoms with Gasteiger partial charge in [-0.05, 0) is 36.6 Å². The molecule has 116 valence electrons. The SMILES string of the molecule is COCCN(CCOC)C(=O)c1ccc2c(c1)CCCN2. The van der Waals surface area contributed by atoms with Gasteiger partial charge in [-0.1, -0.05) is 0 Å². The van der Waals surface area contributed by atoms with E-state index in [0.29, 0.717) is 26.3 Å². The Bertz CT molecular complexity index is 469. The highest BCUT2D eigenvalue weighted by atomic mass is 16.5. The van der Waals surface area contributed by atoms with Crippen molar-refractivity contribution in [1.29, 1.82) is 0 Å². The third-order valence-corrected chi connectivity index (χ3v) is 3.71. The summed E-state index contributed by atoms with van der Waals surface area (Å²) < 4.78 is 10.2. The summed E-state index contributed by atoms with van der Waals surface area (Å²) in [5.74, 6) is 0.0393. The third kappa shape index (κ3) is 4.19. The van der Waals surface area contributed by atoms with E-state index in [0.717, 1.165) is 30.6 Å². The molecule has 0 aromatic heterocycles. The monoisotopic (exact) mass is 292 g/mol. The second kappa shape index (κ2) is 8.00. The van der Waals surface area contributed by atoms with Gasteiger partial charge in [-0.25, -0.2) is 0 Å². The Morgan fingerprint density at radius 1 is 1.24 bits per heavy atom. The number of nitrogens with zero attached hydrogens (tertiary/aromatic N) is 1. The van der Waals surface area contributed by atoms with Gasteiger partial charge in [0.2, 0.25) is 0 Å². The summed E-state index contributed by atoms with van der Waals surface area (Å²) in [6.07, 6.45) is 2.14. The quantitative estimate of drug-likeness (QED) is 0.832. The molecular weight excluding hydrogens is 268 g/mol. The van der Waals surface area contributed by atoms with E-state index in [2.05, 4.69) is 5.32 Å². The van der Waals surface area contributed by atoms with Crippen molar-refractivity contribution < 1.29 is 14.3 Å². The van der Waals surface area contributed by atoms with Crippen molar-refractivity contribution in [2.24, 2.45) is 0 Å². The molecule has 0 aliphatic carbocycles. The summed E-state index contributed by atoms with van der Waals surface area (Å²) in [6.45, 7) is 3.22. The van der Waals surface area contributed by atoms with E-state index in [1.807, 2.05) is 18.2 Å². The molecule has 1 aromatic carbocycles. The Hall–Kier alpha value is -1.59. The molecule has 1 aliphatic heterocycles. The number of ether oxygens (including phenoxy) is 2. The number of methoxy groups -OCH3 is 2. The van der Waals surface area contributed by atoms with Gasteiger partial charge in [0, 0.05) is 45.1 Å². The van der Waals surface area contributed by atoms with Gasteiger partial charge >= 0.3 is 0 Å². The number of carbonyl (C=O) groups is 1. The molecule has 0 unspecified atom stereocenters. The average Bonchev–Trinajstić information content (AvgIpc) is 2.54. The van der Waals surface area contributed by atoms with Gasteiger partial charge in [0.05, 0.1) is 13.2 Å². The molecule has 0 spiro atoms. The van der Waals surface area contributed by atoms with Gasteiger partial charge in [0.1, 0.15) is 0 Å². The van der Waals surface area contributed by atoms with E-state index in [1.54, 1.807) is 19.1 Å². The number of aryl methyl sites for hydroxylation is 1. The molecule has 1 amide bonds. The van der Waals surface area contributed by atoms with Crippen LogP contribution in [0, 0.1) is 0 Å². The van der Waals surface area contributed by atoms with Crippen LogP contribution in [0.4, 0.5) is 5.69 Å². The minimum absolute atomic E-state index is 0.0393. The van der Waals surface area contributed by atoms with Crippen molar-refractivity contribution in [3.63, 3.8) is 0 Å². The van der Waals surface area contributed by atoms with Gasteiger partial charge < -0.3 is 19.7 Å². The molecule has 2 rings (SSSR count). The molecule has 5 heteroatoms. The predicted octanol–water partition coefficient (Wildman–Crippen LogP) is 1.78. The number of anilines is 1. The summed E-state index contributed by atoms with van der Waals surface area (Å²) in [4.78, 5) is 14.4. The lowest BCUT2D eigenvalue weighted by molar-refractivity contribution is 0.0627. The second-order valence-corrected chi connectivity index (χ2v) is 5.18. The Labute approximate surface area is 126 Å². The number of nitrogens with one attached hydrogen (secondary N) is 1. The van der Waals surface area contributed by atoms with Crippen molar-refractivity contribution in [3.8, 4) is 0 Å². The number of rotatable bonds is 7. The summed E-state index contributed by atoms with van der Waals surface area (Å²) in [6, 6.07) is 5.91. The molecular formula is C16H24N2O3. The molecule has 1 heterocycles. The van der Waals surface area contributed by atoms with Crippen LogP contribution >= 0.6 is 0 Å². The minimum Gasteiger partial charge on any atom is -0.385 e. The zero-order valence-corrected chi connectivity index (χ0v) is 12.9. The highest BCUT2D eigenvalue weighted by Gasteiger charge is 2.17. The van der Waals surface area contributed by atoms with Crippen molar-refractivity contribution in [2.75, 3.05) is 52.4 Å². The number of benzene rings is 1. The van der Waals surface area contributed by atoms with E-state index in [1.165, 1.54) is 5.56 Å². The molecule has 0 atom stereocenters. The highest BCUT2D eigenvalue weighted by Crippen LogP contribution is 2.23. The molecule has 5 nitrogen and oxygen atoms in total. The number of hydrogen-bond donors (Lipinski definition) is 1. The summed E-state index contributed by atoms with van der Waals surface area (Å²) in [5.41, 5.74) is 3.12. The second-order valence-electron chi connectivity index (χ2n) is 5.18. The van der Waals surface area contributed by atoms with Crippen LogP contribution in [0.2, 0.25) is 0 Å². The van der Waals surface area contributed by atoms with Crippen molar-refractivity contribution >= 4 is 11.6 Å². The van der Waals surface area contributed by atoms with Crippen molar-refractivity contribution in [1.82, 2.24) is 4.90 Å². The van der Waals surface area contributed by atoms with Gasteiger partial charge in [0.15, 0.2) is 0 Å². The summed E-state index contributed by atoms with van der Waals surface area (Å²) in [5, 5.41) is 3.36. The standard InChI is InChI=1S/C16H24N2O3/c1-20-10-8-18(9-11-21-2)16(19)14-5-6-15-13(12-14)4-3-7-17-15/h5-6,12,17H,3-4,7-11H2,1-2H3. The first kappa shape index (κ1) is 15.8. The molecule has 0 radical (unpaired) electrons. The van der Waals surface area contributed by atoms with Crippen LogP contribution in [0.3, 0.4) is 0 Å². The number of fused-ring (bicyclic) bond motifs is 1. The van der Waals surface area contributed by atoms with Crippen LogP contribution in [0.15, 0.2) is 18.2 Å². The first-order valence-electron chi connectivity index (χ1n) is 7.40. The molecule has 0 saturated heterocycles. The summed E-state index contributed by atoms with van der Waals surface area (Å²) in [7, 11) is 3.28. The largest absolute Gasteiger partial charge is 0.385 e. The fraction of sp³-hybridized carbons (Fsp3) is 0.562. The first-order chi connectivity index (χ1) is 10.3. The lowest BCUT2D eigenvalue weighted by atomic mass is 10.0. The van der Waals surface area contributed by atoms with Crippen molar-refractivity contribution in [2.45, 2.75) is 12.8 Å². The molecule has 0 bridgehead atoms. The van der Waals surface area contributed by atoms with Crippen LogP contribution < -0.4 is 5.32 Å². The van der Waals surface area contributed by atoms with Gasteiger partial charge in [0.25, 0.3) is 5.91 Å². The lowest BCUT2D eigenvalue weighted by Gasteiger charge is -2.24. The normalized spacial score (nSPS) is 13.4. The van der Waals surface area contributed by atoms with Crippen LogP contribution in [-0.2, 0) is 15.9 Å². The number of carbonyl (C=O) groups excluding carboxylic acids is 1. The lowest BCUT2D eigenvalue weighted by Crippen LogP contribution is -2.36. The van der Waals surface area contributed by atoms with E-state index in [-0.39, 0.29) is 5.91 Å². The zero-order valence-electron chi connectivity index (χ0n) is 12.9. The number of amides is 1. The average molecular weight is 292 g/mol. The van der Waals surface area contributed by atoms with Crippen molar-refractivity contribution in [3.05, 3.63) is 29.3 Å². The van der Waals surface area contributed by atoms with Crippen LogP contribution in [0.5, 0.6) is 0 Å². The zero-order chi connectivity index (χ0) is 15.1. The molecule has 1 N–H and O–H groups in total. The maximum atomic E-state index is 12.6. The molecule has 0 saturated carbocycles. The van der Waals surface area contributed by atoms with Gasteiger partial charge in [-0.15, -0.1) is 0 Å². The molecule has 21 heavy (non-hydrogen) atoms. The van der Waals surface area contributed by atoms with Gasteiger partial charge in [-0.2, -0.15) is 0 Å². The maximum absolute atomic E-state index is 12.6. The first-order valence-corrected chi connectivity index (χ1v) is 7.40. The fourth-order valence-corrected chi connectivity index (χ4v) is 2.51. The van der Waals surface area contributed by atoms with Crippen LogP contribution in [0.25, 0.3) is 0 Å². The maximum Gasteiger partial charge on any atom is 0.254 e. The summed E-state index contributed by atoms with van der Waals surface area (Å²) >= 11 is 0. The Morgan fingerprint density at radius 2 is 1.95 bits per heavy atom. The van der Waals surface area contributed by atoms with Crippen LogP contribution in [-0.4, -0.2) is 57.9 Å². The van der Waals surface area contributed by atoms with E-state index < -0.39 is 0 Å². The molecule has 1 aromatic rings. The highest BCUT2D eigenvalue weighted by molar-refractivity contribution is 5.95. The van der Waals surface area contributed by atoms with E-state index in [9.17, 15) is 4.79 Å². The molecule has 1 aliphatic rings. The topological polar surface area (TPSA) is 50.8 Å². The predicted molar refractivity (Wildman–Crippen MR) is 82.9 cm³/mol. The van der Waals surface area contributed by atoms with E-state index in [4.69, 9.17) is 9.47 Å². The molecule has 0 fully saturated rings. The van der Waals surface area contributed by atoms with E-state index >= 15 is 0 Å². The third-order valence-electron chi connectivity index (χ3n) is 3.71. The van der Waals surface area contributed by atoms with Gasteiger partial charge in [-0.3, -0.25) is 4.79 Å². The Balaban J connectivity index is 2.11. The number of hydrogen-bond acceptors (Lipinski definition) is 4. The Morgan fingerprint density at radius 3 is 2.62 bits per heavy atom. The smallest absolute Gasteiger partial charge is 0.254 e. The van der Waals surface area contributed by atoms with Crippen LogP contribution in [0.1, 0.15) is 22.3 Å².